The number of hydrogen-bond donors (Lipinski definition) is 1. The summed E-state index contributed by atoms with van der Waals surface area (Å²) < 4.78 is 0. The highest BCUT2D eigenvalue weighted by atomic mass is 16.2. The number of anilines is 1. The number of nitrogens with zero attached hydrogens (tertiary/aromatic N) is 2. The van der Waals surface area contributed by atoms with E-state index in [1.165, 1.54) is 0 Å². The zero-order valence-electron chi connectivity index (χ0n) is 12.3. The molecule has 0 aromatic heterocycles. The maximum atomic E-state index is 12.8. The molecule has 0 bridgehead atoms. The number of amides is 1. The predicted molar refractivity (Wildman–Crippen MR) is 81.0 cm³/mol. The van der Waals surface area contributed by atoms with E-state index in [0.29, 0.717) is 6.04 Å². The van der Waals surface area contributed by atoms with Crippen LogP contribution in [-0.2, 0) is 4.79 Å². The molecule has 3 rings (SSSR count). The van der Waals surface area contributed by atoms with E-state index in [4.69, 9.17) is 0 Å². The zero-order valence-corrected chi connectivity index (χ0v) is 12.3. The molecule has 1 N–H and O–H groups in total. The van der Waals surface area contributed by atoms with E-state index in [1.807, 2.05) is 24.1 Å². The molecule has 4 nitrogen and oxygen atoms in total. The van der Waals surface area contributed by atoms with Crippen molar-refractivity contribution in [2.75, 3.05) is 39.0 Å². The summed E-state index contributed by atoms with van der Waals surface area (Å²) in [4.78, 5) is 17.1. The van der Waals surface area contributed by atoms with E-state index in [2.05, 4.69) is 29.4 Å². The van der Waals surface area contributed by atoms with Crippen molar-refractivity contribution < 1.29 is 4.79 Å². The van der Waals surface area contributed by atoms with Crippen LogP contribution in [0, 0.1) is 0 Å². The Morgan fingerprint density at radius 1 is 1.30 bits per heavy atom. The topological polar surface area (TPSA) is 35.6 Å². The van der Waals surface area contributed by atoms with Gasteiger partial charge in [-0.05, 0) is 44.6 Å². The molecular formula is C16H23N3O. The summed E-state index contributed by atoms with van der Waals surface area (Å²) in [5.74, 6) is 0.243. The highest BCUT2D eigenvalue weighted by molar-refractivity contribution is 5.88. The van der Waals surface area contributed by atoms with E-state index in [-0.39, 0.29) is 11.8 Å². The van der Waals surface area contributed by atoms with Gasteiger partial charge in [0, 0.05) is 25.3 Å². The van der Waals surface area contributed by atoms with Crippen LogP contribution in [0.15, 0.2) is 24.3 Å². The standard InChI is InChI=1S/C16H23N3O/c1-18-9-7-12(8-10-18)19(2)16(20)14-11-17-15-6-4-3-5-13(14)15/h3-6,12,14,17H,7-11H2,1-2H3. The van der Waals surface area contributed by atoms with Gasteiger partial charge in [-0.3, -0.25) is 4.79 Å². The highest BCUT2D eigenvalue weighted by Crippen LogP contribution is 2.33. The van der Waals surface area contributed by atoms with Crippen LogP contribution in [-0.4, -0.2) is 55.5 Å². The number of nitrogens with one attached hydrogen (secondary N) is 1. The summed E-state index contributed by atoms with van der Waals surface area (Å²) in [6.07, 6.45) is 2.17. The molecule has 0 spiro atoms. The molecule has 0 radical (unpaired) electrons. The minimum atomic E-state index is -0.0177. The Kier molecular flexibility index (Phi) is 3.66. The lowest BCUT2D eigenvalue weighted by atomic mass is 9.97. The van der Waals surface area contributed by atoms with E-state index < -0.39 is 0 Å². The number of hydrogen-bond acceptors (Lipinski definition) is 3. The summed E-state index contributed by atoms with van der Waals surface area (Å²) >= 11 is 0. The highest BCUT2D eigenvalue weighted by Gasteiger charge is 2.33. The second-order valence-corrected chi connectivity index (χ2v) is 6.00. The van der Waals surface area contributed by atoms with Gasteiger partial charge in [0.1, 0.15) is 0 Å². The van der Waals surface area contributed by atoms with E-state index in [9.17, 15) is 4.79 Å². The average molecular weight is 273 g/mol. The van der Waals surface area contributed by atoms with Gasteiger partial charge < -0.3 is 15.1 Å². The third-order valence-electron chi connectivity index (χ3n) is 4.71. The molecule has 1 atom stereocenters. The molecule has 1 aromatic carbocycles. The van der Waals surface area contributed by atoms with Crippen molar-refractivity contribution in [3.05, 3.63) is 29.8 Å². The van der Waals surface area contributed by atoms with Crippen LogP contribution in [0.25, 0.3) is 0 Å². The first kappa shape index (κ1) is 13.4. The molecule has 20 heavy (non-hydrogen) atoms. The zero-order chi connectivity index (χ0) is 14.1. The molecule has 2 aliphatic heterocycles. The van der Waals surface area contributed by atoms with Gasteiger partial charge in [0.2, 0.25) is 5.91 Å². The van der Waals surface area contributed by atoms with Gasteiger partial charge in [0.15, 0.2) is 0 Å². The van der Waals surface area contributed by atoms with Gasteiger partial charge in [0.25, 0.3) is 0 Å². The van der Waals surface area contributed by atoms with Gasteiger partial charge in [-0.25, -0.2) is 0 Å². The molecule has 4 heteroatoms. The smallest absolute Gasteiger partial charge is 0.231 e. The van der Waals surface area contributed by atoms with E-state index >= 15 is 0 Å². The van der Waals surface area contributed by atoms with Crippen molar-refractivity contribution >= 4 is 11.6 Å². The fraction of sp³-hybridized carbons (Fsp3) is 0.562. The van der Waals surface area contributed by atoms with Crippen LogP contribution in [0.2, 0.25) is 0 Å². The number of piperidine rings is 1. The number of carbonyl (C=O) groups excluding carboxylic acids is 1. The lowest BCUT2D eigenvalue weighted by Gasteiger charge is -2.36. The summed E-state index contributed by atoms with van der Waals surface area (Å²) in [6, 6.07) is 8.55. The fourth-order valence-corrected chi connectivity index (χ4v) is 3.31. The van der Waals surface area contributed by atoms with Gasteiger partial charge in [-0.2, -0.15) is 0 Å². The molecule has 2 heterocycles. The fourth-order valence-electron chi connectivity index (χ4n) is 3.31. The Morgan fingerprint density at radius 2 is 2.00 bits per heavy atom. The summed E-state index contributed by atoms with van der Waals surface area (Å²) in [6.45, 7) is 2.90. The third-order valence-corrected chi connectivity index (χ3v) is 4.71. The number of likely N-dealkylation sites (N-methyl/N-ethyl adjacent to an activating group) is 1. The molecular weight excluding hydrogens is 250 g/mol. The molecule has 1 unspecified atom stereocenters. The van der Waals surface area contributed by atoms with E-state index in [1.54, 1.807) is 0 Å². The van der Waals surface area contributed by atoms with Crippen molar-refractivity contribution in [3.63, 3.8) is 0 Å². The number of para-hydroxylation sites is 1. The molecule has 1 saturated heterocycles. The molecule has 108 valence electrons. The second-order valence-electron chi connectivity index (χ2n) is 6.00. The Hall–Kier alpha value is -1.55. The Labute approximate surface area is 120 Å². The molecule has 1 aromatic rings. The lowest BCUT2D eigenvalue weighted by Crippen LogP contribution is -2.46. The van der Waals surface area contributed by atoms with Crippen molar-refractivity contribution in [3.8, 4) is 0 Å². The van der Waals surface area contributed by atoms with Crippen LogP contribution >= 0.6 is 0 Å². The van der Waals surface area contributed by atoms with Gasteiger partial charge in [0.05, 0.1) is 5.92 Å². The minimum absolute atomic E-state index is 0.0177. The molecule has 1 amide bonds. The van der Waals surface area contributed by atoms with Crippen molar-refractivity contribution in [1.29, 1.82) is 0 Å². The Balaban J connectivity index is 1.70. The average Bonchev–Trinajstić information content (AvgIpc) is 2.90. The van der Waals surface area contributed by atoms with Crippen LogP contribution < -0.4 is 5.32 Å². The van der Waals surface area contributed by atoms with Crippen LogP contribution in [0.1, 0.15) is 24.3 Å². The van der Waals surface area contributed by atoms with Crippen molar-refractivity contribution in [2.45, 2.75) is 24.8 Å². The number of carbonyl (C=O) groups is 1. The summed E-state index contributed by atoms with van der Waals surface area (Å²) in [7, 11) is 4.12. The number of benzene rings is 1. The molecule has 0 saturated carbocycles. The quantitative estimate of drug-likeness (QED) is 0.891. The van der Waals surface area contributed by atoms with Gasteiger partial charge in [-0.15, -0.1) is 0 Å². The SMILES string of the molecule is CN1CCC(N(C)C(=O)C2CNc3ccccc32)CC1. The normalized spacial score (nSPS) is 23.2. The predicted octanol–water partition coefficient (Wildman–Crippen LogP) is 1.75. The van der Waals surface area contributed by atoms with E-state index in [0.717, 1.165) is 43.7 Å². The third kappa shape index (κ3) is 2.40. The first-order valence-electron chi connectivity index (χ1n) is 7.45. The lowest BCUT2D eigenvalue weighted by molar-refractivity contribution is -0.134. The van der Waals surface area contributed by atoms with Crippen molar-refractivity contribution in [1.82, 2.24) is 9.80 Å². The molecule has 2 aliphatic rings. The molecule has 1 fully saturated rings. The number of fused-ring (bicyclic) bond motifs is 1. The van der Waals surface area contributed by atoms with Crippen LogP contribution in [0.3, 0.4) is 0 Å². The summed E-state index contributed by atoms with van der Waals surface area (Å²) in [5.41, 5.74) is 2.26. The van der Waals surface area contributed by atoms with Crippen LogP contribution in [0.5, 0.6) is 0 Å². The maximum Gasteiger partial charge on any atom is 0.231 e. The maximum absolute atomic E-state index is 12.8. The van der Waals surface area contributed by atoms with Crippen molar-refractivity contribution in [2.24, 2.45) is 0 Å². The number of rotatable bonds is 2. The first-order valence-corrected chi connectivity index (χ1v) is 7.45. The summed E-state index contributed by atoms with van der Waals surface area (Å²) in [5, 5.41) is 3.34. The Morgan fingerprint density at radius 3 is 2.75 bits per heavy atom. The Bertz CT molecular complexity index is 494. The van der Waals surface area contributed by atoms with Gasteiger partial charge in [-0.1, -0.05) is 18.2 Å². The van der Waals surface area contributed by atoms with Gasteiger partial charge >= 0.3 is 0 Å². The minimum Gasteiger partial charge on any atom is -0.384 e. The van der Waals surface area contributed by atoms with Crippen LogP contribution in [0.4, 0.5) is 5.69 Å². The largest absolute Gasteiger partial charge is 0.384 e. The molecule has 0 aliphatic carbocycles. The first-order chi connectivity index (χ1) is 9.66. The second kappa shape index (κ2) is 5.44. The number of likely N-dealkylation sites (tertiary alicyclic amines) is 1. The monoisotopic (exact) mass is 273 g/mol.